The molecule has 0 radical (unpaired) electrons. The molecule has 2 aromatic carbocycles. The lowest BCUT2D eigenvalue weighted by atomic mass is 10.2. The summed E-state index contributed by atoms with van der Waals surface area (Å²) in [4.78, 5) is 2.37. The Balaban J connectivity index is 1.85. The van der Waals surface area contributed by atoms with Crippen LogP contribution in [-0.4, -0.2) is 26.2 Å². The van der Waals surface area contributed by atoms with Gasteiger partial charge in [0.15, 0.2) is 0 Å². The summed E-state index contributed by atoms with van der Waals surface area (Å²) in [6.45, 7) is 7.95. The zero-order chi connectivity index (χ0) is 15.6. The first-order chi connectivity index (χ1) is 10.8. The summed E-state index contributed by atoms with van der Waals surface area (Å²) in [6, 6.07) is 18.7. The molecule has 3 nitrogen and oxygen atoms in total. The van der Waals surface area contributed by atoms with E-state index in [0.29, 0.717) is 0 Å². The van der Waals surface area contributed by atoms with Crippen LogP contribution in [-0.2, 0) is 0 Å². The molecule has 2 aromatic rings. The van der Waals surface area contributed by atoms with Crippen LogP contribution >= 0.6 is 0 Å². The average molecular weight is 298 g/mol. The highest BCUT2D eigenvalue weighted by atomic mass is 16.5. The number of anilines is 2. The van der Waals surface area contributed by atoms with Crippen molar-refractivity contribution in [2.24, 2.45) is 0 Å². The Morgan fingerprint density at radius 2 is 1.82 bits per heavy atom. The fourth-order valence-corrected chi connectivity index (χ4v) is 2.36. The standard InChI is InChI=1S/C19H26N2O/c1-3-15-22-19-12-8-9-17(16-19)20-13-14-21(4-2)18-10-6-5-7-11-18/h5-12,16,20H,3-4,13-15H2,1-2H3. The summed E-state index contributed by atoms with van der Waals surface area (Å²) in [5.41, 5.74) is 2.38. The van der Waals surface area contributed by atoms with Gasteiger partial charge in [-0.15, -0.1) is 0 Å². The van der Waals surface area contributed by atoms with E-state index in [4.69, 9.17) is 4.74 Å². The minimum atomic E-state index is 0.765. The molecule has 0 aliphatic carbocycles. The van der Waals surface area contributed by atoms with Gasteiger partial charge in [0.2, 0.25) is 0 Å². The summed E-state index contributed by atoms with van der Waals surface area (Å²) in [7, 11) is 0. The van der Waals surface area contributed by atoms with E-state index in [9.17, 15) is 0 Å². The number of nitrogens with one attached hydrogen (secondary N) is 1. The number of benzene rings is 2. The molecular formula is C19H26N2O. The third kappa shape index (κ3) is 4.99. The molecule has 0 fully saturated rings. The Morgan fingerprint density at radius 1 is 1.00 bits per heavy atom. The van der Waals surface area contributed by atoms with E-state index >= 15 is 0 Å². The third-order valence-corrected chi connectivity index (χ3v) is 3.52. The normalized spacial score (nSPS) is 10.3. The lowest BCUT2D eigenvalue weighted by molar-refractivity contribution is 0.317. The van der Waals surface area contributed by atoms with Crippen molar-refractivity contribution >= 4 is 11.4 Å². The van der Waals surface area contributed by atoms with E-state index in [-0.39, 0.29) is 0 Å². The first-order valence-electron chi connectivity index (χ1n) is 8.10. The molecule has 0 amide bonds. The second-order valence-electron chi connectivity index (χ2n) is 5.22. The van der Waals surface area contributed by atoms with Crippen molar-refractivity contribution in [3.8, 4) is 5.75 Å². The van der Waals surface area contributed by atoms with E-state index in [1.165, 1.54) is 5.69 Å². The zero-order valence-electron chi connectivity index (χ0n) is 13.6. The zero-order valence-corrected chi connectivity index (χ0v) is 13.6. The Bertz CT molecular complexity index is 542. The first kappa shape index (κ1) is 16.2. The van der Waals surface area contributed by atoms with Crippen molar-refractivity contribution in [2.75, 3.05) is 36.5 Å². The lowest BCUT2D eigenvalue weighted by Gasteiger charge is -2.23. The van der Waals surface area contributed by atoms with Crippen molar-refractivity contribution in [3.63, 3.8) is 0 Å². The van der Waals surface area contributed by atoms with E-state index in [1.54, 1.807) is 0 Å². The van der Waals surface area contributed by atoms with E-state index in [2.05, 4.69) is 66.5 Å². The van der Waals surface area contributed by atoms with Crippen LogP contribution in [0.25, 0.3) is 0 Å². The summed E-state index contributed by atoms with van der Waals surface area (Å²) in [5, 5.41) is 3.47. The molecule has 0 aliphatic heterocycles. The third-order valence-electron chi connectivity index (χ3n) is 3.52. The van der Waals surface area contributed by atoms with Crippen LogP contribution < -0.4 is 15.0 Å². The lowest BCUT2D eigenvalue weighted by Crippen LogP contribution is -2.28. The van der Waals surface area contributed by atoms with Gasteiger partial charge in [0.05, 0.1) is 6.61 Å². The minimum Gasteiger partial charge on any atom is -0.494 e. The monoisotopic (exact) mass is 298 g/mol. The number of ether oxygens (including phenoxy) is 1. The molecule has 0 saturated carbocycles. The van der Waals surface area contributed by atoms with Gasteiger partial charge in [-0.05, 0) is 37.6 Å². The smallest absolute Gasteiger partial charge is 0.121 e. The molecule has 0 bridgehead atoms. The Hall–Kier alpha value is -2.16. The second kappa shape index (κ2) is 8.98. The molecule has 0 aliphatic rings. The first-order valence-corrected chi connectivity index (χ1v) is 8.10. The van der Waals surface area contributed by atoms with Crippen LogP contribution in [0.1, 0.15) is 20.3 Å². The summed E-state index contributed by atoms with van der Waals surface area (Å²) in [5.74, 6) is 0.933. The number of nitrogens with zero attached hydrogens (tertiary/aromatic N) is 1. The summed E-state index contributed by atoms with van der Waals surface area (Å²) >= 11 is 0. The van der Waals surface area contributed by atoms with Crippen LogP contribution in [0.4, 0.5) is 11.4 Å². The van der Waals surface area contributed by atoms with Gasteiger partial charge < -0.3 is 15.0 Å². The van der Waals surface area contributed by atoms with E-state index in [1.807, 2.05) is 12.1 Å². The Labute approximate surface area is 133 Å². The van der Waals surface area contributed by atoms with Gasteiger partial charge >= 0.3 is 0 Å². The van der Waals surface area contributed by atoms with Crippen molar-refractivity contribution < 1.29 is 4.74 Å². The van der Waals surface area contributed by atoms with Crippen molar-refractivity contribution in [1.29, 1.82) is 0 Å². The molecule has 0 unspecified atom stereocenters. The fraction of sp³-hybridized carbons (Fsp3) is 0.368. The fourth-order valence-electron chi connectivity index (χ4n) is 2.36. The van der Waals surface area contributed by atoms with Crippen LogP contribution in [0, 0.1) is 0 Å². The van der Waals surface area contributed by atoms with Gasteiger partial charge in [-0.3, -0.25) is 0 Å². The molecule has 1 N–H and O–H groups in total. The number of rotatable bonds is 9. The molecule has 2 rings (SSSR count). The summed E-state index contributed by atoms with van der Waals surface area (Å²) < 4.78 is 5.66. The molecule has 0 spiro atoms. The molecule has 22 heavy (non-hydrogen) atoms. The van der Waals surface area contributed by atoms with Crippen molar-refractivity contribution in [3.05, 3.63) is 54.6 Å². The molecule has 3 heteroatoms. The molecule has 118 valence electrons. The van der Waals surface area contributed by atoms with Gasteiger partial charge in [-0.2, -0.15) is 0 Å². The van der Waals surface area contributed by atoms with Crippen LogP contribution in [0.15, 0.2) is 54.6 Å². The largest absolute Gasteiger partial charge is 0.494 e. The molecule has 0 saturated heterocycles. The minimum absolute atomic E-state index is 0.765. The predicted octanol–water partition coefficient (Wildman–Crippen LogP) is 4.41. The maximum atomic E-state index is 5.66. The van der Waals surface area contributed by atoms with Crippen LogP contribution in [0.5, 0.6) is 5.75 Å². The number of hydrogen-bond donors (Lipinski definition) is 1. The quantitative estimate of drug-likeness (QED) is 0.742. The number of hydrogen-bond acceptors (Lipinski definition) is 3. The highest BCUT2D eigenvalue weighted by molar-refractivity contribution is 5.49. The average Bonchev–Trinajstić information content (AvgIpc) is 2.58. The Kier molecular flexibility index (Phi) is 6.62. The highest BCUT2D eigenvalue weighted by Gasteiger charge is 2.03. The highest BCUT2D eigenvalue weighted by Crippen LogP contribution is 2.18. The van der Waals surface area contributed by atoms with Crippen LogP contribution in [0.2, 0.25) is 0 Å². The van der Waals surface area contributed by atoms with E-state index < -0.39 is 0 Å². The van der Waals surface area contributed by atoms with Crippen molar-refractivity contribution in [2.45, 2.75) is 20.3 Å². The molecule has 0 aromatic heterocycles. The maximum Gasteiger partial charge on any atom is 0.121 e. The number of para-hydroxylation sites is 1. The summed E-state index contributed by atoms with van der Waals surface area (Å²) in [6.07, 6.45) is 1.03. The topological polar surface area (TPSA) is 24.5 Å². The van der Waals surface area contributed by atoms with Gasteiger partial charge in [-0.25, -0.2) is 0 Å². The van der Waals surface area contributed by atoms with Gasteiger partial charge in [-0.1, -0.05) is 31.2 Å². The molecule has 0 heterocycles. The van der Waals surface area contributed by atoms with Gasteiger partial charge in [0.1, 0.15) is 5.75 Å². The number of likely N-dealkylation sites (N-methyl/N-ethyl adjacent to an activating group) is 1. The predicted molar refractivity (Wildman–Crippen MR) is 95.0 cm³/mol. The SMILES string of the molecule is CCCOc1cccc(NCCN(CC)c2ccccc2)c1. The van der Waals surface area contributed by atoms with Crippen LogP contribution in [0.3, 0.4) is 0 Å². The second-order valence-corrected chi connectivity index (χ2v) is 5.22. The van der Waals surface area contributed by atoms with Gasteiger partial charge in [0, 0.05) is 37.1 Å². The Morgan fingerprint density at radius 3 is 2.55 bits per heavy atom. The van der Waals surface area contributed by atoms with E-state index in [0.717, 1.165) is 44.1 Å². The van der Waals surface area contributed by atoms with Gasteiger partial charge in [0.25, 0.3) is 0 Å². The van der Waals surface area contributed by atoms with Crippen molar-refractivity contribution in [1.82, 2.24) is 0 Å². The molecule has 0 atom stereocenters. The molecular weight excluding hydrogens is 272 g/mol. The maximum absolute atomic E-state index is 5.66.